The molecule has 0 spiro atoms. The summed E-state index contributed by atoms with van der Waals surface area (Å²) in [5.74, 6) is 2.71. The number of nitrogens with zero attached hydrogens (tertiary/aromatic N) is 2. The van der Waals surface area contributed by atoms with Crippen LogP contribution < -0.4 is 10.2 Å². The highest BCUT2D eigenvalue weighted by Crippen LogP contribution is 2.29. The van der Waals surface area contributed by atoms with Gasteiger partial charge in [-0.3, -0.25) is 0 Å². The van der Waals surface area contributed by atoms with Gasteiger partial charge < -0.3 is 10.2 Å². The first kappa shape index (κ1) is 13.8. The van der Waals surface area contributed by atoms with Gasteiger partial charge in [-0.1, -0.05) is 13.8 Å². The summed E-state index contributed by atoms with van der Waals surface area (Å²) in [5.41, 5.74) is 1.27. The maximum absolute atomic E-state index is 4.62. The molecule has 1 N–H and O–H groups in total. The van der Waals surface area contributed by atoms with Gasteiger partial charge >= 0.3 is 0 Å². The number of nitrogens with one attached hydrogen (secondary N) is 1. The molecule has 2 heterocycles. The molecule has 2 atom stereocenters. The third-order valence-electron chi connectivity index (χ3n) is 3.91. The molecule has 100 valence electrons. The molecule has 2 unspecified atom stereocenters. The van der Waals surface area contributed by atoms with Crippen LogP contribution in [0, 0.1) is 11.8 Å². The van der Waals surface area contributed by atoms with E-state index in [2.05, 4.69) is 51.0 Å². The minimum absolute atomic E-state index is 0.742. The Balaban J connectivity index is 2.22. The first-order chi connectivity index (χ1) is 8.61. The van der Waals surface area contributed by atoms with Crippen LogP contribution in [-0.2, 0) is 6.54 Å². The average Bonchev–Trinajstić information content (AvgIpc) is 2.34. The second-order valence-electron chi connectivity index (χ2n) is 5.36. The number of hydrogen-bond donors (Lipinski definition) is 1. The second-order valence-corrected chi connectivity index (χ2v) is 6.27. The number of hydrogen-bond acceptors (Lipinski definition) is 3. The van der Waals surface area contributed by atoms with Crippen molar-refractivity contribution in [2.75, 3.05) is 25.0 Å². The van der Waals surface area contributed by atoms with Gasteiger partial charge in [0.2, 0.25) is 0 Å². The summed E-state index contributed by atoms with van der Waals surface area (Å²) >= 11 is 3.50. The maximum Gasteiger partial charge on any atom is 0.133 e. The Labute approximate surface area is 118 Å². The Morgan fingerprint density at radius 2 is 2.22 bits per heavy atom. The zero-order valence-electron chi connectivity index (χ0n) is 11.4. The van der Waals surface area contributed by atoms with Crippen LogP contribution in [0.5, 0.6) is 0 Å². The molecular weight excluding hydrogens is 290 g/mol. The molecule has 1 aromatic heterocycles. The van der Waals surface area contributed by atoms with E-state index < -0.39 is 0 Å². The maximum atomic E-state index is 4.62. The second kappa shape index (κ2) is 6.02. The molecule has 2 rings (SSSR count). The van der Waals surface area contributed by atoms with Crippen LogP contribution in [0.3, 0.4) is 0 Å². The van der Waals surface area contributed by atoms with Crippen LogP contribution in [0.4, 0.5) is 5.82 Å². The third-order valence-corrected chi connectivity index (χ3v) is 4.34. The summed E-state index contributed by atoms with van der Waals surface area (Å²) in [7, 11) is 1.98. The highest BCUT2D eigenvalue weighted by Gasteiger charge is 2.24. The number of anilines is 1. The van der Waals surface area contributed by atoms with Gasteiger partial charge in [-0.2, -0.15) is 0 Å². The summed E-state index contributed by atoms with van der Waals surface area (Å²) in [6.07, 6.45) is 3.16. The standard InChI is InChI=1S/C14H22BrN3/c1-10-4-5-18(9-11(10)2)14-12(7-16-3)6-13(15)8-17-14/h6,8,10-11,16H,4-5,7,9H2,1-3H3. The fraction of sp³-hybridized carbons (Fsp3) is 0.643. The van der Waals surface area contributed by atoms with Crippen LogP contribution in [0.25, 0.3) is 0 Å². The molecule has 1 fully saturated rings. The van der Waals surface area contributed by atoms with Crippen molar-refractivity contribution in [3.05, 3.63) is 22.3 Å². The van der Waals surface area contributed by atoms with Gasteiger partial charge in [0.1, 0.15) is 5.82 Å². The molecule has 0 aromatic carbocycles. The first-order valence-electron chi connectivity index (χ1n) is 6.65. The minimum Gasteiger partial charge on any atom is -0.356 e. The van der Waals surface area contributed by atoms with Gasteiger partial charge in [0.15, 0.2) is 0 Å². The predicted molar refractivity (Wildman–Crippen MR) is 79.9 cm³/mol. The van der Waals surface area contributed by atoms with Gasteiger partial charge in [-0.15, -0.1) is 0 Å². The van der Waals surface area contributed by atoms with Crippen molar-refractivity contribution in [3.63, 3.8) is 0 Å². The number of piperidine rings is 1. The lowest BCUT2D eigenvalue weighted by molar-refractivity contribution is 0.322. The lowest BCUT2D eigenvalue weighted by Gasteiger charge is -2.37. The summed E-state index contributed by atoms with van der Waals surface area (Å²) in [5, 5.41) is 3.22. The molecule has 1 aliphatic rings. The van der Waals surface area contributed by atoms with Gasteiger partial charge in [-0.05, 0) is 47.3 Å². The molecule has 0 bridgehead atoms. The van der Waals surface area contributed by atoms with Crippen molar-refractivity contribution >= 4 is 21.7 Å². The SMILES string of the molecule is CNCc1cc(Br)cnc1N1CCC(C)C(C)C1. The highest BCUT2D eigenvalue weighted by molar-refractivity contribution is 9.10. The summed E-state index contributed by atoms with van der Waals surface area (Å²) in [6.45, 7) is 7.80. The number of pyridine rings is 1. The quantitative estimate of drug-likeness (QED) is 0.930. The average molecular weight is 312 g/mol. The predicted octanol–water partition coefficient (Wildman–Crippen LogP) is 3.05. The van der Waals surface area contributed by atoms with E-state index in [1.807, 2.05) is 13.2 Å². The molecule has 0 radical (unpaired) electrons. The highest BCUT2D eigenvalue weighted by atomic mass is 79.9. The smallest absolute Gasteiger partial charge is 0.133 e. The Kier molecular flexibility index (Phi) is 4.62. The lowest BCUT2D eigenvalue weighted by Crippen LogP contribution is -2.39. The molecule has 0 amide bonds. The molecule has 0 aliphatic carbocycles. The van der Waals surface area contributed by atoms with Gasteiger partial charge in [0.25, 0.3) is 0 Å². The minimum atomic E-state index is 0.742. The van der Waals surface area contributed by atoms with Crippen molar-refractivity contribution in [2.45, 2.75) is 26.8 Å². The Morgan fingerprint density at radius 1 is 1.44 bits per heavy atom. The van der Waals surface area contributed by atoms with Crippen LogP contribution in [0.1, 0.15) is 25.8 Å². The van der Waals surface area contributed by atoms with Crippen molar-refractivity contribution in [1.82, 2.24) is 10.3 Å². The van der Waals surface area contributed by atoms with Gasteiger partial charge in [0, 0.05) is 35.9 Å². The molecule has 3 nitrogen and oxygen atoms in total. The Bertz CT molecular complexity index is 408. The van der Waals surface area contributed by atoms with Crippen molar-refractivity contribution < 1.29 is 0 Å². The Hall–Kier alpha value is -0.610. The van der Waals surface area contributed by atoms with Gasteiger partial charge in [-0.25, -0.2) is 4.98 Å². The summed E-state index contributed by atoms with van der Waals surface area (Å²) in [4.78, 5) is 7.05. The van der Waals surface area contributed by atoms with Crippen LogP contribution in [0.15, 0.2) is 16.7 Å². The largest absolute Gasteiger partial charge is 0.356 e. The van der Waals surface area contributed by atoms with E-state index in [9.17, 15) is 0 Å². The van der Waals surface area contributed by atoms with E-state index in [-0.39, 0.29) is 0 Å². The number of aromatic nitrogens is 1. The summed E-state index contributed by atoms with van der Waals surface area (Å²) in [6, 6.07) is 2.17. The molecule has 1 aliphatic heterocycles. The van der Waals surface area contributed by atoms with E-state index in [0.29, 0.717) is 0 Å². The lowest BCUT2D eigenvalue weighted by atomic mass is 9.88. The normalized spacial score (nSPS) is 24.3. The van der Waals surface area contributed by atoms with E-state index in [0.717, 1.165) is 41.8 Å². The number of rotatable bonds is 3. The van der Waals surface area contributed by atoms with Crippen molar-refractivity contribution in [3.8, 4) is 0 Å². The van der Waals surface area contributed by atoms with Crippen LogP contribution in [0.2, 0.25) is 0 Å². The Morgan fingerprint density at radius 3 is 2.89 bits per heavy atom. The molecule has 1 saturated heterocycles. The molecule has 1 aromatic rings. The topological polar surface area (TPSA) is 28.2 Å². The van der Waals surface area contributed by atoms with Crippen LogP contribution >= 0.6 is 15.9 Å². The van der Waals surface area contributed by atoms with E-state index >= 15 is 0 Å². The fourth-order valence-electron chi connectivity index (χ4n) is 2.53. The third kappa shape index (κ3) is 3.04. The monoisotopic (exact) mass is 311 g/mol. The number of halogens is 1. The van der Waals surface area contributed by atoms with Crippen LogP contribution in [-0.4, -0.2) is 25.1 Å². The molecule has 0 saturated carbocycles. The summed E-state index contributed by atoms with van der Waals surface area (Å²) < 4.78 is 1.05. The van der Waals surface area contributed by atoms with E-state index in [4.69, 9.17) is 0 Å². The molecular formula is C14H22BrN3. The fourth-order valence-corrected chi connectivity index (χ4v) is 2.91. The zero-order chi connectivity index (χ0) is 13.1. The van der Waals surface area contributed by atoms with E-state index in [1.54, 1.807) is 0 Å². The first-order valence-corrected chi connectivity index (χ1v) is 7.45. The zero-order valence-corrected chi connectivity index (χ0v) is 13.0. The van der Waals surface area contributed by atoms with Gasteiger partial charge in [0.05, 0.1) is 0 Å². The molecule has 18 heavy (non-hydrogen) atoms. The van der Waals surface area contributed by atoms with Crippen molar-refractivity contribution in [2.24, 2.45) is 11.8 Å². The van der Waals surface area contributed by atoms with E-state index in [1.165, 1.54) is 12.0 Å². The van der Waals surface area contributed by atoms with Crippen molar-refractivity contribution in [1.29, 1.82) is 0 Å². The molecule has 4 heteroatoms.